The maximum Gasteiger partial charge on any atom is 0.191 e. The number of aliphatic imine (C=N–C) groups is 1. The molecule has 28 heavy (non-hydrogen) atoms. The molecule has 1 unspecified atom stereocenters. The lowest BCUT2D eigenvalue weighted by Crippen LogP contribution is -2.55. The van der Waals surface area contributed by atoms with Crippen LogP contribution < -0.4 is 10.6 Å². The summed E-state index contributed by atoms with van der Waals surface area (Å²) in [6, 6.07) is 7.20. The smallest absolute Gasteiger partial charge is 0.191 e. The summed E-state index contributed by atoms with van der Waals surface area (Å²) in [7, 11) is 4.02. The molecule has 1 aliphatic heterocycles. The van der Waals surface area contributed by atoms with E-state index in [0.29, 0.717) is 12.0 Å². The predicted octanol–water partition coefficient (Wildman–Crippen LogP) is 2.74. The summed E-state index contributed by atoms with van der Waals surface area (Å²) in [5, 5.41) is 6.92. The molecule has 2 rings (SSSR count). The van der Waals surface area contributed by atoms with E-state index in [0.717, 1.165) is 62.3 Å². The molecular weight excluding hydrogens is 373 g/mol. The summed E-state index contributed by atoms with van der Waals surface area (Å²) in [5.74, 6) is 2.27. The Bertz CT molecular complexity index is 585. The van der Waals surface area contributed by atoms with Crippen LogP contribution in [0.1, 0.15) is 20.3 Å². The van der Waals surface area contributed by atoms with E-state index in [1.807, 2.05) is 19.2 Å². The number of likely N-dealkylation sites (N-methyl/N-ethyl adjacent to an activating group) is 1. The van der Waals surface area contributed by atoms with Crippen LogP contribution in [0.2, 0.25) is 0 Å². The normalized spacial score (nSPS) is 17.7. The standard InChI is InChI=1S/C21H36FN5S/c1-17(2)20(27-13-11-26(4)12-14-27)16-25-21(23-3)24-10-5-15-28-19-8-6-18(22)7-9-19/h6-9,17,20H,5,10-16H2,1-4H3,(H2,23,24,25). The second kappa shape index (κ2) is 12.3. The van der Waals surface area contributed by atoms with Crippen molar-refractivity contribution in [3.05, 3.63) is 30.1 Å². The third-order valence-electron chi connectivity index (χ3n) is 5.17. The van der Waals surface area contributed by atoms with Crippen LogP contribution >= 0.6 is 11.8 Å². The van der Waals surface area contributed by atoms with Crippen molar-refractivity contribution in [3.8, 4) is 0 Å². The summed E-state index contributed by atoms with van der Waals surface area (Å²) in [6.07, 6.45) is 1.02. The molecule has 1 fully saturated rings. The van der Waals surface area contributed by atoms with Gasteiger partial charge in [-0.1, -0.05) is 13.8 Å². The van der Waals surface area contributed by atoms with Gasteiger partial charge in [-0.05, 0) is 49.4 Å². The monoisotopic (exact) mass is 409 g/mol. The van der Waals surface area contributed by atoms with Gasteiger partial charge in [0.05, 0.1) is 0 Å². The quantitative estimate of drug-likeness (QED) is 0.284. The molecule has 5 nitrogen and oxygen atoms in total. The van der Waals surface area contributed by atoms with Gasteiger partial charge in [0.1, 0.15) is 5.82 Å². The topological polar surface area (TPSA) is 42.9 Å². The summed E-state index contributed by atoms with van der Waals surface area (Å²) in [4.78, 5) is 10.5. The van der Waals surface area contributed by atoms with E-state index in [-0.39, 0.29) is 5.82 Å². The van der Waals surface area contributed by atoms with Gasteiger partial charge in [-0.25, -0.2) is 4.39 Å². The minimum absolute atomic E-state index is 0.183. The maximum absolute atomic E-state index is 12.9. The van der Waals surface area contributed by atoms with Crippen molar-refractivity contribution in [2.24, 2.45) is 10.9 Å². The molecule has 0 amide bonds. The lowest BCUT2D eigenvalue weighted by molar-refractivity contribution is 0.0900. The summed E-state index contributed by atoms with van der Waals surface area (Å²) >= 11 is 1.75. The fraction of sp³-hybridized carbons (Fsp3) is 0.667. The lowest BCUT2D eigenvalue weighted by atomic mass is 10.0. The maximum atomic E-state index is 12.9. The number of hydrogen-bond acceptors (Lipinski definition) is 4. The Morgan fingerprint density at radius 2 is 1.82 bits per heavy atom. The van der Waals surface area contributed by atoms with Crippen LogP contribution in [0.3, 0.4) is 0 Å². The van der Waals surface area contributed by atoms with Gasteiger partial charge < -0.3 is 15.5 Å². The number of nitrogens with one attached hydrogen (secondary N) is 2. The first-order valence-corrected chi connectivity index (χ1v) is 11.2. The molecule has 1 atom stereocenters. The molecule has 1 aromatic carbocycles. The highest BCUT2D eigenvalue weighted by molar-refractivity contribution is 7.99. The Labute approximate surface area is 174 Å². The van der Waals surface area contributed by atoms with Gasteiger partial charge >= 0.3 is 0 Å². The second-order valence-corrected chi connectivity index (χ2v) is 8.85. The number of guanidine groups is 1. The Hall–Kier alpha value is -1.31. The number of nitrogens with zero attached hydrogens (tertiary/aromatic N) is 3. The van der Waals surface area contributed by atoms with E-state index in [9.17, 15) is 4.39 Å². The van der Waals surface area contributed by atoms with E-state index in [4.69, 9.17) is 0 Å². The molecule has 1 aliphatic rings. The van der Waals surface area contributed by atoms with E-state index in [1.54, 1.807) is 11.8 Å². The van der Waals surface area contributed by atoms with Crippen LogP contribution in [-0.2, 0) is 0 Å². The molecule has 1 heterocycles. The number of piperazine rings is 1. The minimum atomic E-state index is -0.183. The van der Waals surface area contributed by atoms with Gasteiger partial charge in [0, 0.05) is 57.3 Å². The van der Waals surface area contributed by atoms with E-state index >= 15 is 0 Å². The largest absolute Gasteiger partial charge is 0.356 e. The van der Waals surface area contributed by atoms with Crippen molar-refractivity contribution >= 4 is 17.7 Å². The Morgan fingerprint density at radius 3 is 2.43 bits per heavy atom. The number of halogens is 1. The second-order valence-electron chi connectivity index (χ2n) is 7.69. The fourth-order valence-electron chi connectivity index (χ4n) is 3.36. The molecule has 0 aliphatic carbocycles. The highest BCUT2D eigenvalue weighted by Gasteiger charge is 2.24. The van der Waals surface area contributed by atoms with Crippen molar-refractivity contribution in [3.63, 3.8) is 0 Å². The molecule has 158 valence electrons. The predicted molar refractivity (Wildman–Crippen MR) is 119 cm³/mol. The highest BCUT2D eigenvalue weighted by atomic mass is 32.2. The molecule has 0 saturated carbocycles. The van der Waals surface area contributed by atoms with Crippen molar-refractivity contribution in [2.75, 3.05) is 59.1 Å². The average molecular weight is 410 g/mol. The molecular formula is C21H36FN5S. The number of hydrogen-bond donors (Lipinski definition) is 2. The third kappa shape index (κ3) is 7.97. The van der Waals surface area contributed by atoms with E-state index in [2.05, 4.69) is 46.3 Å². The fourth-order valence-corrected chi connectivity index (χ4v) is 4.21. The first-order valence-electron chi connectivity index (χ1n) is 10.2. The van der Waals surface area contributed by atoms with Crippen molar-refractivity contribution < 1.29 is 4.39 Å². The molecule has 7 heteroatoms. The number of thioether (sulfide) groups is 1. The summed E-state index contributed by atoms with van der Waals surface area (Å²) in [5.41, 5.74) is 0. The van der Waals surface area contributed by atoms with Gasteiger partial charge in [-0.15, -0.1) is 11.8 Å². The SMILES string of the molecule is CN=C(NCCCSc1ccc(F)cc1)NCC(C(C)C)N1CCN(C)CC1. The van der Waals surface area contributed by atoms with Crippen LogP contribution in [0.25, 0.3) is 0 Å². The van der Waals surface area contributed by atoms with Crippen LogP contribution in [0.5, 0.6) is 0 Å². The molecule has 0 radical (unpaired) electrons. The molecule has 0 aromatic heterocycles. The van der Waals surface area contributed by atoms with Crippen LogP contribution in [0, 0.1) is 11.7 Å². The number of benzene rings is 1. The van der Waals surface area contributed by atoms with E-state index < -0.39 is 0 Å². The highest BCUT2D eigenvalue weighted by Crippen LogP contribution is 2.18. The Balaban J connectivity index is 1.67. The minimum Gasteiger partial charge on any atom is -0.356 e. The zero-order valence-corrected chi connectivity index (χ0v) is 18.6. The first kappa shape index (κ1) is 23.0. The van der Waals surface area contributed by atoms with E-state index in [1.165, 1.54) is 12.1 Å². The van der Waals surface area contributed by atoms with Gasteiger partial charge in [0.2, 0.25) is 0 Å². The van der Waals surface area contributed by atoms with Crippen molar-refractivity contribution in [2.45, 2.75) is 31.2 Å². The van der Waals surface area contributed by atoms with Crippen molar-refractivity contribution in [1.29, 1.82) is 0 Å². The van der Waals surface area contributed by atoms with Gasteiger partial charge in [-0.3, -0.25) is 9.89 Å². The number of rotatable bonds is 9. The molecule has 1 saturated heterocycles. The molecule has 1 aromatic rings. The molecule has 0 spiro atoms. The first-order chi connectivity index (χ1) is 13.5. The molecule has 0 bridgehead atoms. The zero-order chi connectivity index (χ0) is 20.4. The van der Waals surface area contributed by atoms with Gasteiger partial charge in [0.15, 0.2) is 5.96 Å². The van der Waals surface area contributed by atoms with Crippen LogP contribution in [0.15, 0.2) is 34.2 Å². The van der Waals surface area contributed by atoms with Crippen LogP contribution in [-0.4, -0.2) is 80.9 Å². The molecule has 2 N–H and O–H groups in total. The Morgan fingerprint density at radius 1 is 1.14 bits per heavy atom. The third-order valence-corrected chi connectivity index (χ3v) is 6.27. The lowest BCUT2D eigenvalue weighted by Gasteiger charge is -2.40. The average Bonchev–Trinajstić information content (AvgIpc) is 2.68. The zero-order valence-electron chi connectivity index (χ0n) is 17.7. The summed E-state index contributed by atoms with van der Waals surface area (Å²) in [6.45, 7) is 10.9. The van der Waals surface area contributed by atoms with Gasteiger partial charge in [0.25, 0.3) is 0 Å². The van der Waals surface area contributed by atoms with Gasteiger partial charge in [-0.2, -0.15) is 0 Å². The Kier molecular flexibility index (Phi) is 10.1. The van der Waals surface area contributed by atoms with Crippen LogP contribution in [0.4, 0.5) is 4.39 Å². The summed E-state index contributed by atoms with van der Waals surface area (Å²) < 4.78 is 12.9. The van der Waals surface area contributed by atoms with Crippen molar-refractivity contribution in [1.82, 2.24) is 20.4 Å².